The standard InChI is InChI=1S/C19H23ClFN3O/c1-2-22-19(23-11-14-8-9-18(21)17(20)10-14)24-12-16(13-25)15-6-4-3-5-7-15/h3-10,16,25H,2,11-13H2,1H3,(H2,22,23,24). The van der Waals surface area contributed by atoms with Gasteiger partial charge in [0.05, 0.1) is 18.2 Å². The Bertz CT molecular complexity index is 694. The number of aliphatic hydroxyl groups excluding tert-OH is 1. The molecule has 2 aromatic rings. The molecule has 134 valence electrons. The number of nitrogens with zero attached hydrogens (tertiary/aromatic N) is 1. The van der Waals surface area contributed by atoms with Crippen LogP contribution in [0, 0.1) is 5.82 Å². The molecule has 0 aliphatic rings. The molecule has 0 spiro atoms. The number of nitrogens with one attached hydrogen (secondary N) is 2. The van der Waals surface area contributed by atoms with Crippen molar-refractivity contribution in [1.82, 2.24) is 10.6 Å². The lowest BCUT2D eigenvalue weighted by Crippen LogP contribution is -2.39. The molecular weight excluding hydrogens is 341 g/mol. The lowest BCUT2D eigenvalue weighted by molar-refractivity contribution is 0.265. The largest absolute Gasteiger partial charge is 0.396 e. The van der Waals surface area contributed by atoms with Gasteiger partial charge in [-0.3, -0.25) is 0 Å². The molecule has 6 heteroatoms. The van der Waals surface area contributed by atoms with E-state index < -0.39 is 5.82 Å². The quantitative estimate of drug-likeness (QED) is 0.522. The summed E-state index contributed by atoms with van der Waals surface area (Å²) in [6.07, 6.45) is 0. The second kappa shape index (κ2) is 10.0. The van der Waals surface area contributed by atoms with E-state index in [1.807, 2.05) is 37.3 Å². The van der Waals surface area contributed by atoms with Crippen LogP contribution in [-0.2, 0) is 6.54 Å². The molecule has 25 heavy (non-hydrogen) atoms. The average Bonchev–Trinajstić information content (AvgIpc) is 2.63. The van der Waals surface area contributed by atoms with Crippen LogP contribution in [0.15, 0.2) is 53.5 Å². The number of hydrogen-bond donors (Lipinski definition) is 3. The van der Waals surface area contributed by atoms with Crippen LogP contribution >= 0.6 is 11.6 Å². The summed E-state index contributed by atoms with van der Waals surface area (Å²) in [6.45, 7) is 3.67. The Morgan fingerprint density at radius 3 is 2.60 bits per heavy atom. The van der Waals surface area contributed by atoms with E-state index in [-0.39, 0.29) is 17.5 Å². The first-order chi connectivity index (χ1) is 12.1. The van der Waals surface area contributed by atoms with Crippen molar-refractivity contribution in [2.45, 2.75) is 19.4 Å². The highest BCUT2D eigenvalue weighted by molar-refractivity contribution is 6.30. The first kappa shape index (κ1) is 19.2. The highest BCUT2D eigenvalue weighted by atomic mass is 35.5. The fraction of sp³-hybridized carbons (Fsp3) is 0.316. The third kappa shape index (κ3) is 6.03. The van der Waals surface area contributed by atoms with Crippen LogP contribution in [0.1, 0.15) is 24.0 Å². The molecule has 0 radical (unpaired) electrons. The second-order valence-corrected chi connectivity index (χ2v) is 6.02. The predicted molar refractivity (Wildman–Crippen MR) is 100 cm³/mol. The van der Waals surface area contributed by atoms with Crippen LogP contribution in [0.25, 0.3) is 0 Å². The number of guanidine groups is 1. The van der Waals surface area contributed by atoms with Crippen molar-refractivity contribution in [2.75, 3.05) is 19.7 Å². The summed E-state index contributed by atoms with van der Waals surface area (Å²) < 4.78 is 13.2. The summed E-state index contributed by atoms with van der Waals surface area (Å²) in [7, 11) is 0. The maximum absolute atomic E-state index is 13.2. The van der Waals surface area contributed by atoms with E-state index in [1.54, 1.807) is 12.1 Å². The molecule has 0 aliphatic heterocycles. The molecule has 0 fully saturated rings. The number of rotatable bonds is 7. The van der Waals surface area contributed by atoms with Crippen LogP contribution in [0.5, 0.6) is 0 Å². The molecule has 0 saturated heterocycles. The normalized spacial score (nSPS) is 12.7. The number of aliphatic hydroxyl groups is 1. The van der Waals surface area contributed by atoms with Crippen molar-refractivity contribution >= 4 is 17.6 Å². The summed E-state index contributed by atoms with van der Waals surface area (Å²) in [4.78, 5) is 4.49. The van der Waals surface area contributed by atoms with E-state index in [0.717, 1.165) is 11.1 Å². The van der Waals surface area contributed by atoms with Gasteiger partial charge in [0.2, 0.25) is 0 Å². The third-order valence-corrected chi connectivity index (χ3v) is 4.04. The Kier molecular flexibility index (Phi) is 7.70. The maximum atomic E-state index is 13.2. The minimum absolute atomic E-state index is 0.0229. The molecule has 4 nitrogen and oxygen atoms in total. The third-order valence-electron chi connectivity index (χ3n) is 3.76. The number of halogens is 2. The van der Waals surface area contributed by atoms with Gasteiger partial charge in [0, 0.05) is 19.0 Å². The topological polar surface area (TPSA) is 56.7 Å². The summed E-state index contributed by atoms with van der Waals surface area (Å²) in [5, 5.41) is 16.1. The summed E-state index contributed by atoms with van der Waals surface area (Å²) in [6, 6.07) is 14.4. The average molecular weight is 364 g/mol. The molecule has 0 aliphatic carbocycles. The van der Waals surface area contributed by atoms with E-state index in [1.165, 1.54) is 6.07 Å². The molecule has 0 aromatic heterocycles. The van der Waals surface area contributed by atoms with Crippen LogP contribution in [-0.4, -0.2) is 30.8 Å². The fourth-order valence-corrected chi connectivity index (χ4v) is 2.59. The molecule has 3 N–H and O–H groups in total. The second-order valence-electron chi connectivity index (χ2n) is 5.61. The van der Waals surface area contributed by atoms with E-state index in [9.17, 15) is 9.50 Å². The molecule has 0 bridgehead atoms. The Balaban J connectivity index is 2.00. The van der Waals surface area contributed by atoms with Gasteiger partial charge in [0.15, 0.2) is 5.96 Å². The van der Waals surface area contributed by atoms with Gasteiger partial charge in [-0.1, -0.05) is 48.0 Å². The van der Waals surface area contributed by atoms with E-state index >= 15 is 0 Å². The summed E-state index contributed by atoms with van der Waals surface area (Å²) in [5.41, 5.74) is 1.89. The van der Waals surface area contributed by atoms with Gasteiger partial charge >= 0.3 is 0 Å². The van der Waals surface area contributed by atoms with Crippen molar-refractivity contribution in [3.8, 4) is 0 Å². The molecule has 0 saturated carbocycles. The monoisotopic (exact) mass is 363 g/mol. The zero-order valence-corrected chi connectivity index (χ0v) is 14.9. The Morgan fingerprint density at radius 1 is 1.20 bits per heavy atom. The zero-order chi connectivity index (χ0) is 18.1. The van der Waals surface area contributed by atoms with Gasteiger partial charge in [-0.15, -0.1) is 0 Å². The minimum Gasteiger partial charge on any atom is -0.396 e. The van der Waals surface area contributed by atoms with Crippen molar-refractivity contribution < 1.29 is 9.50 Å². The van der Waals surface area contributed by atoms with Crippen molar-refractivity contribution in [1.29, 1.82) is 0 Å². The van der Waals surface area contributed by atoms with Gasteiger partial charge < -0.3 is 15.7 Å². The fourth-order valence-electron chi connectivity index (χ4n) is 2.38. The lowest BCUT2D eigenvalue weighted by Gasteiger charge is -2.18. The van der Waals surface area contributed by atoms with Gasteiger partial charge in [-0.05, 0) is 30.2 Å². The van der Waals surface area contributed by atoms with Crippen LogP contribution < -0.4 is 10.6 Å². The smallest absolute Gasteiger partial charge is 0.191 e. The van der Waals surface area contributed by atoms with Crippen LogP contribution in [0.4, 0.5) is 4.39 Å². The van der Waals surface area contributed by atoms with Crippen molar-refractivity contribution in [2.24, 2.45) is 4.99 Å². The van der Waals surface area contributed by atoms with E-state index in [0.29, 0.717) is 25.6 Å². The minimum atomic E-state index is -0.437. The highest BCUT2D eigenvalue weighted by Gasteiger charge is 2.10. The van der Waals surface area contributed by atoms with E-state index in [4.69, 9.17) is 11.6 Å². The lowest BCUT2D eigenvalue weighted by atomic mass is 10.0. The Labute approximate surface area is 152 Å². The Morgan fingerprint density at radius 2 is 1.96 bits per heavy atom. The molecule has 1 atom stereocenters. The number of benzene rings is 2. The first-order valence-electron chi connectivity index (χ1n) is 8.26. The molecule has 1 unspecified atom stereocenters. The Hall–Kier alpha value is -2.11. The SMILES string of the molecule is CCNC(=NCc1ccc(F)c(Cl)c1)NCC(CO)c1ccccc1. The van der Waals surface area contributed by atoms with Crippen LogP contribution in [0.3, 0.4) is 0 Å². The van der Waals surface area contributed by atoms with Gasteiger partial charge in [-0.2, -0.15) is 0 Å². The highest BCUT2D eigenvalue weighted by Crippen LogP contribution is 2.16. The van der Waals surface area contributed by atoms with Crippen molar-refractivity contribution in [3.05, 3.63) is 70.5 Å². The molecular formula is C19H23ClFN3O. The molecule has 0 heterocycles. The van der Waals surface area contributed by atoms with Gasteiger partial charge in [-0.25, -0.2) is 9.38 Å². The molecule has 2 rings (SSSR count). The summed E-state index contributed by atoms with van der Waals surface area (Å²) >= 11 is 5.80. The zero-order valence-electron chi connectivity index (χ0n) is 14.2. The maximum Gasteiger partial charge on any atom is 0.191 e. The number of aliphatic imine (C=N–C) groups is 1. The first-order valence-corrected chi connectivity index (χ1v) is 8.63. The van der Waals surface area contributed by atoms with E-state index in [2.05, 4.69) is 15.6 Å². The van der Waals surface area contributed by atoms with Crippen molar-refractivity contribution in [3.63, 3.8) is 0 Å². The molecule has 0 amide bonds. The van der Waals surface area contributed by atoms with Crippen LogP contribution in [0.2, 0.25) is 5.02 Å². The predicted octanol–water partition coefficient (Wildman–Crippen LogP) is 3.31. The molecule has 2 aromatic carbocycles. The van der Waals surface area contributed by atoms with Gasteiger partial charge in [0.25, 0.3) is 0 Å². The van der Waals surface area contributed by atoms with Gasteiger partial charge in [0.1, 0.15) is 5.82 Å². The summed E-state index contributed by atoms with van der Waals surface area (Å²) in [5.74, 6) is 0.177. The number of hydrogen-bond acceptors (Lipinski definition) is 2.